The van der Waals surface area contributed by atoms with Gasteiger partial charge < -0.3 is 20.1 Å². The summed E-state index contributed by atoms with van der Waals surface area (Å²) < 4.78 is 11.1. The average molecular weight is 407 g/mol. The Labute approximate surface area is 173 Å². The lowest BCUT2D eigenvalue weighted by Crippen LogP contribution is -2.57. The van der Waals surface area contributed by atoms with Crippen molar-refractivity contribution in [2.75, 3.05) is 57.2 Å². The zero-order valence-electron chi connectivity index (χ0n) is 17.4. The molecular formula is C21H34N4O2S. The van der Waals surface area contributed by atoms with E-state index in [1.54, 1.807) is 7.11 Å². The monoisotopic (exact) mass is 406 g/mol. The van der Waals surface area contributed by atoms with Crippen LogP contribution in [-0.4, -0.2) is 68.3 Å². The van der Waals surface area contributed by atoms with Crippen molar-refractivity contribution in [2.24, 2.45) is 4.99 Å². The van der Waals surface area contributed by atoms with Gasteiger partial charge in [-0.3, -0.25) is 9.89 Å². The highest BCUT2D eigenvalue weighted by atomic mass is 32.2. The van der Waals surface area contributed by atoms with Crippen LogP contribution in [0.25, 0.3) is 0 Å². The summed E-state index contributed by atoms with van der Waals surface area (Å²) in [6.07, 6.45) is 5.21. The van der Waals surface area contributed by atoms with Crippen LogP contribution in [0, 0.1) is 0 Å². The molecule has 156 valence electrons. The molecular weight excluding hydrogens is 372 g/mol. The summed E-state index contributed by atoms with van der Waals surface area (Å²) in [5.41, 5.74) is 1.21. The minimum atomic E-state index is 0.273. The molecule has 1 aliphatic heterocycles. The molecule has 28 heavy (non-hydrogen) atoms. The first-order chi connectivity index (χ1) is 13.7. The molecule has 1 saturated heterocycles. The SMILES string of the molecule is CCOc1ccc(NC(=NC)NCC2(N3CCSCC3)CCCC2)cc1OC. The summed E-state index contributed by atoms with van der Waals surface area (Å²) in [5.74, 6) is 4.78. The van der Waals surface area contributed by atoms with Gasteiger partial charge in [0.2, 0.25) is 0 Å². The standard InChI is InChI=1S/C21H34N4O2S/c1-4-27-18-8-7-17(15-19(18)26-3)24-20(22-2)23-16-21(9-5-6-10-21)25-11-13-28-14-12-25/h7-8,15H,4-6,9-14,16H2,1-3H3,(H2,22,23,24). The lowest BCUT2D eigenvalue weighted by Gasteiger charge is -2.43. The third-order valence-electron chi connectivity index (χ3n) is 5.75. The number of nitrogens with one attached hydrogen (secondary N) is 2. The van der Waals surface area contributed by atoms with E-state index in [4.69, 9.17) is 9.47 Å². The first-order valence-corrected chi connectivity index (χ1v) is 11.5. The third kappa shape index (κ3) is 5.06. The Bertz CT molecular complexity index is 656. The summed E-state index contributed by atoms with van der Waals surface area (Å²) >= 11 is 2.07. The molecule has 1 aliphatic carbocycles. The van der Waals surface area contributed by atoms with Crippen molar-refractivity contribution in [3.8, 4) is 11.5 Å². The van der Waals surface area contributed by atoms with Gasteiger partial charge in [0.1, 0.15) is 0 Å². The molecule has 2 fully saturated rings. The predicted molar refractivity (Wildman–Crippen MR) is 119 cm³/mol. The Kier molecular flexibility index (Phi) is 7.73. The van der Waals surface area contributed by atoms with E-state index in [1.165, 1.54) is 50.3 Å². The number of thioether (sulfide) groups is 1. The van der Waals surface area contributed by atoms with Crippen molar-refractivity contribution >= 4 is 23.4 Å². The second-order valence-electron chi connectivity index (χ2n) is 7.38. The molecule has 1 heterocycles. The Hall–Kier alpha value is -1.60. The van der Waals surface area contributed by atoms with Crippen LogP contribution in [0.5, 0.6) is 11.5 Å². The van der Waals surface area contributed by atoms with Gasteiger partial charge in [-0.15, -0.1) is 0 Å². The molecule has 1 aromatic carbocycles. The van der Waals surface area contributed by atoms with Crippen LogP contribution in [0.2, 0.25) is 0 Å². The number of methoxy groups -OCH3 is 1. The highest BCUT2D eigenvalue weighted by molar-refractivity contribution is 7.99. The number of rotatable bonds is 7. The van der Waals surface area contributed by atoms with E-state index >= 15 is 0 Å². The molecule has 0 radical (unpaired) electrons. The molecule has 1 aromatic rings. The van der Waals surface area contributed by atoms with E-state index in [9.17, 15) is 0 Å². The molecule has 0 amide bonds. The molecule has 0 atom stereocenters. The van der Waals surface area contributed by atoms with E-state index in [0.717, 1.165) is 29.7 Å². The van der Waals surface area contributed by atoms with Crippen LogP contribution in [0.1, 0.15) is 32.6 Å². The van der Waals surface area contributed by atoms with Gasteiger partial charge in [-0.2, -0.15) is 11.8 Å². The maximum absolute atomic E-state index is 5.60. The number of nitrogens with zero attached hydrogens (tertiary/aromatic N) is 2. The molecule has 6 nitrogen and oxygen atoms in total. The van der Waals surface area contributed by atoms with Gasteiger partial charge in [0.05, 0.1) is 13.7 Å². The first-order valence-electron chi connectivity index (χ1n) is 10.3. The zero-order chi connectivity index (χ0) is 19.8. The van der Waals surface area contributed by atoms with Gasteiger partial charge in [0.25, 0.3) is 0 Å². The lowest BCUT2D eigenvalue weighted by atomic mass is 9.94. The minimum absolute atomic E-state index is 0.273. The predicted octanol–water partition coefficient (Wildman–Crippen LogP) is 3.44. The minimum Gasteiger partial charge on any atom is -0.493 e. The third-order valence-corrected chi connectivity index (χ3v) is 6.69. The van der Waals surface area contributed by atoms with Crippen molar-refractivity contribution in [2.45, 2.75) is 38.1 Å². The van der Waals surface area contributed by atoms with Gasteiger partial charge in [0.15, 0.2) is 17.5 Å². The van der Waals surface area contributed by atoms with Crippen molar-refractivity contribution < 1.29 is 9.47 Å². The number of anilines is 1. The maximum Gasteiger partial charge on any atom is 0.195 e. The van der Waals surface area contributed by atoms with Crippen molar-refractivity contribution in [3.63, 3.8) is 0 Å². The molecule has 3 rings (SSSR count). The Morgan fingerprint density at radius 3 is 2.61 bits per heavy atom. The van der Waals surface area contributed by atoms with Crippen LogP contribution in [0.3, 0.4) is 0 Å². The number of hydrogen-bond acceptors (Lipinski definition) is 5. The van der Waals surface area contributed by atoms with Gasteiger partial charge in [-0.05, 0) is 31.9 Å². The first kappa shape index (κ1) is 21.1. The molecule has 1 saturated carbocycles. The molecule has 0 unspecified atom stereocenters. The summed E-state index contributed by atoms with van der Waals surface area (Å²) in [6.45, 7) is 5.93. The second kappa shape index (κ2) is 10.3. The van der Waals surface area contributed by atoms with Crippen LogP contribution < -0.4 is 20.1 Å². The fourth-order valence-corrected chi connectivity index (χ4v) is 5.16. The summed E-state index contributed by atoms with van der Waals surface area (Å²) in [4.78, 5) is 7.15. The van der Waals surface area contributed by atoms with Crippen molar-refractivity contribution in [1.29, 1.82) is 0 Å². The highest BCUT2D eigenvalue weighted by Gasteiger charge is 2.39. The molecule has 0 aromatic heterocycles. The van der Waals surface area contributed by atoms with Gasteiger partial charge >= 0.3 is 0 Å². The maximum atomic E-state index is 5.60. The quantitative estimate of drug-likeness (QED) is 0.534. The average Bonchev–Trinajstić information content (AvgIpc) is 3.23. The van der Waals surface area contributed by atoms with Gasteiger partial charge in [-0.25, -0.2) is 0 Å². The smallest absolute Gasteiger partial charge is 0.195 e. The van der Waals surface area contributed by atoms with Crippen LogP contribution in [0.15, 0.2) is 23.2 Å². The molecule has 0 bridgehead atoms. The topological polar surface area (TPSA) is 58.1 Å². The van der Waals surface area contributed by atoms with Crippen LogP contribution in [-0.2, 0) is 0 Å². The van der Waals surface area contributed by atoms with Crippen molar-refractivity contribution in [1.82, 2.24) is 10.2 Å². The van der Waals surface area contributed by atoms with E-state index in [2.05, 4.69) is 32.3 Å². The number of benzene rings is 1. The molecule has 7 heteroatoms. The van der Waals surface area contributed by atoms with Gasteiger partial charge in [-0.1, -0.05) is 12.8 Å². The fourth-order valence-electron chi connectivity index (χ4n) is 4.26. The zero-order valence-corrected chi connectivity index (χ0v) is 18.2. The van der Waals surface area contributed by atoms with Crippen LogP contribution >= 0.6 is 11.8 Å². The summed E-state index contributed by atoms with van der Waals surface area (Å²) in [6, 6.07) is 5.88. The normalized spacial score (nSPS) is 20.0. The van der Waals surface area contributed by atoms with Gasteiger partial charge in [0, 0.05) is 55.5 Å². The molecule has 2 aliphatic rings. The largest absolute Gasteiger partial charge is 0.493 e. The van der Waals surface area contributed by atoms with Crippen molar-refractivity contribution in [3.05, 3.63) is 18.2 Å². The summed E-state index contributed by atoms with van der Waals surface area (Å²) in [5, 5.41) is 6.99. The lowest BCUT2D eigenvalue weighted by molar-refractivity contribution is 0.107. The van der Waals surface area contributed by atoms with E-state index in [0.29, 0.717) is 6.61 Å². The number of aliphatic imine (C=N–C) groups is 1. The number of guanidine groups is 1. The summed E-state index contributed by atoms with van der Waals surface area (Å²) in [7, 11) is 3.48. The van der Waals surface area contributed by atoms with E-state index in [1.807, 2.05) is 32.2 Å². The Morgan fingerprint density at radius 1 is 1.21 bits per heavy atom. The highest BCUT2D eigenvalue weighted by Crippen LogP contribution is 2.36. The van der Waals surface area contributed by atoms with Crippen LogP contribution in [0.4, 0.5) is 5.69 Å². The molecule has 0 spiro atoms. The number of ether oxygens (including phenoxy) is 2. The Morgan fingerprint density at radius 2 is 1.96 bits per heavy atom. The second-order valence-corrected chi connectivity index (χ2v) is 8.61. The number of hydrogen-bond donors (Lipinski definition) is 2. The van der Waals surface area contributed by atoms with E-state index < -0.39 is 0 Å². The Balaban J connectivity index is 1.64. The molecule has 2 N–H and O–H groups in total. The van der Waals surface area contributed by atoms with E-state index in [-0.39, 0.29) is 5.54 Å². The fraction of sp³-hybridized carbons (Fsp3) is 0.667.